The summed E-state index contributed by atoms with van der Waals surface area (Å²) in [5.41, 5.74) is 5.61. The van der Waals surface area contributed by atoms with Crippen molar-refractivity contribution in [2.24, 2.45) is 5.73 Å². The monoisotopic (exact) mass is 295 g/mol. The van der Waals surface area contributed by atoms with Crippen molar-refractivity contribution >= 4 is 17.6 Å². The van der Waals surface area contributed by atoms with Gasteiger partial charge in [-0.25, -0.2) is 9.18 Å². The Hall–Kier alpha value is -1.99. The molecule has 0 radical (unpaired) electrons. The van der Waals surface area contributed by atoms with Crippen molar-refractivity contribution in [3.63, 3.8) is 0 Å². The number of benzene rings is 1. The molecule has 0 bridgehead atoms. The van der Waals surface area contributed by atoms with Crippen LogP contribution in [0.1, 0.15) is 23.2 Å². The zero-order chi connectivity index (χ0) is 15.4. The maximum Gasteiger partial charge on any atom is 0.335 e. The summed E-state index contributed by atoms with van der Waals surface area (Å²) in [5.74, 6) is -2.30. The molecular formula is C14H18FN3O3. The number of piperidine rings is 1. The normalized spacial score (nSPS) is 16.7. The second-order valence-corrected chi connectivity index (χ2v) is 5.16. The highest BCUT2D eigenvalue weighted by atomic mass is 19.1. The van der Waals surface area contributed by atoms with Crippen LogP contribution in [0.2, 0.25) is 0 Å². The van der Waals surface area contributed by atoms with E-state index in [0.29, 0.717) is 0 Å². The number of nitrogens with zero attached hydrogens (tertiary/aromatic N) is 1. The number of anilines is 1. The minimum Gasteiger partial charge on any atom is -0.478 e. The number of amides is 1. The molecule has 2 rings (SSSR count). The van der Waals surface area contributed by atoms with Gasteiger partial charge in [0.25, 0.3) is 0 Å². The molecule has 0 spiro atoms. The summed E-state index contributed by atoms with van der Waals surface area (Å²) in [6.45, 7) is 1.66. The van der Waals surface area contributed by atoms with Crippen molar-refractivity contribution in [3.8, 4) is 0 Å². The van der Waals surface area contributed by atoms with Crippen LogP contribution in [-0.4, -0.2) is 47.6 Å². The molecule has 7 heteroatoms. The molecule has 1 saturated heterocycles. The molecule has 1 amide bonds. The van der Waals surface area contributed by atoms with Crippen LogP contribution in [0, 0.1) is 5.82 Å². The number of carbonyl (C=O) groups excluding carboxylic acids is 1. The molecule has 1 aliphatic rings. The highest BCUT2D eigenvalue weighted by Crippen LogP contribution is 2.16. The Morgan fingerprint density at radius 1 is 1.38 bits per heavy atom. The van der Waals surface area contributed by atoms with E-state index < -0.39 is 11.8 Å². The van der Waals surface area contributed by atoms with Gasteiger partial charge in [0.15, 0.2) is 0 Å². The predicted molar refractivity (Wildman–Crippen MR) is 75.6 cm³/mol. The molecule has 114 valence electrons. The number of hydrogen-bond donors (Lipinski definition) is 3. The molecule has 0 aliphatic carbocycles. The van der Waals surface area contributed by atoms with Crippen molar-refractivity contribution in [2.45, 2.75) is 18.9 Å². The number of rotatable bonds is 4. The fraction of sp³-hybridized carbons (Fsp3) is 0.429. The van der Waals surface area contributed by atoms with Crippen LogP contribution in [0.3, 0.4) is 0 Å². The number of likely N-dealkylation sites (tertiary alicyclic amines) is 1. The van der Waals surface area contributed by atoms with E-state index in [-0.39, 0.29) is 29.7 Å². The van der Waals surface area contributed by atoms with Crippen LogP contribution in [0.15, 0.2) is 18.2 Å². The van der Waals surface area contributed by atoms with Gasteiger partial charge >= 0.3 is 5.97 Å². The number of carboxylic acid groups (broad SMARTS) is 1. The molecule has 1 aromatic carbocycles. The third-order valence-electron chi connectivity index (χ3n) is 3.49. The van der Waals surface area contributed by atoms with Gasteiger partial charge in [-0.1, -0.05) is 0 Å². The first-order chi connectivity index (χ1) is 9.95. The molecular weight excluding hydrogens is 277 g/mol. The Morgan fingerprint density at radius 3 is 2.62 bits per heavy atom. The van der Waals surface area contributed by atoms with Crippen LogP contribution < -0.4 is 11.1 Å². The molecule has 4 N–H and O–H groups in total. The van der Waals surface area contributed by atoms with Crippen molar-refractivity contribution in [1.29, 1.82) is 0 Å². The van der Waals surface area contributed by atoms with E-state index in [1.165, 1.54) is 12.1 Å². The molecule has 0 atom stereocenters. The predicted octanol–water partition coefficient (Wildman–Crippen LogP) is 0.885. The van der Waals surface area contributed by atoms with Crippen LogP contribution in [-0.2, 0) is 4.79 Å². The number of hydrogen-bond acceptors (Lipinski definition) is 4. The van der Waals surface area contributed by atoms with Crippen LogP contribution in [0.4, 0.5) is 10.1 Å². The van der Waals surface area contributed by atoms with Crippen molar-refractivity contribution in [1.82, 2.24) is 4.90 Å². The maximum atomic E-state index is 13.7. The highest BCUT2D eigenvalue weighted by molar-refractivity contribution is 5.93. The second kappa shape index (κ2) is 6.64. The SMILES string of the molecule is NC1CCN(CC(=O)Nc2ccc(C(=O)O)cc2F)CC1. The molecule has 1 aliphatic heterocycles. The number of aromatic carboxylic acids is 1. The van der Waals surface area contributed by atoms with Crippen LogP contribution in [0.25, 0.3) is 0 Å². The lowest BCUT2D eigenvalue weighted by molar-refractivity contribution is -0.117. The minimum absolute atomic E-state index is 0.0151. The Labute approximate surface area is 121 Å². The van der Waals surface area contributed by atoms with E-state index in [0.717, 1.165) is 32.0 Å². The first kappa shape index (κ1) is 15.4. The van der Waals surface area contributed by atoms with E-state index in [2.05, 4.69) is 5.32 Å². The Balaban J connectivity index is 1.92. The van der Waals surface area contributed by atoms with E-state index in [9.17, 15) is 14.0 Å². The number of carboxylic acids is 1. The lowest BCUT2D eigenvalue weighted by Gasteiger charge is -2.29. The molecule has 6 nitrogen and oxygen atoms in total. The third kappa shape index (κ3) is 4.24. The molecule has 1 fully saturated rings. The first-order valence-corrected chi connectivity index (χ1v) is 6.76. The van der Waals surface area contributed by atoms with E-state index >= 15 is 0 Å². The van der Waals surface area contributed by atoms with Gasteiger partial charge in [0.2, 0.25) is 5.91 Å². The lowest BCUT2D eigenvalue weighted by atomic mass is 10.1. The standard InChI is InChI=1S/C14H18FN3O3/c15-11-7-9(14(20)21)1-2-12(11)17-13(19)8-18-5-3-10(16)4-6-18/h1-2,7,10H,3-6,8,16H2,(H,17,19)(H,20,21). The van der Waals surface area contributed by atoms with E-state index in [1.807, 2.05) is 4.90 Å². The Morgan fingerprint density at radius 2 is 2.05 bits per heavy atom. The van der Waals surface area contributed by atoms with Crippen molar-refractivity contribution < 1.29 is 19.1 Å². The second-order valence-electron chi connectivity index (χ2n) is 5.16. The smallest absolute Gasteiger partial charge is 0.335 e. The minimum atomic E-state index is -1.21. The number of halogens is 1. The van der Waals surface area contributed by atoms with Gasteiger partial charge in [-0.3, -0.25) is 9.69 Å². The van der Waals surface area contributed by atoms with Gasteiger partial charge in [-0.15, -0.1) is 0 Å². The lowest BCUT2D eigenvalue weighted by Crippen LogP contribution is -2.43. The van der Waals surface area contributed by atoms with E-state index in [1.54, 1.807) is 0 Å². The summed E-state index contributed by atoms with van der Waals surface area (Å²) < 4.78 is 13.7. The van der Waals surface area contributed by atoms with Gasteiger partial charge < -0.3 is 16.2 Å². The van der Waals surface area contributed by atoms with Crippen molar-refractivity contribution in [3.05, 3.63) is 29.6 Å². The summed E-state index contributed by atoms with van der Waals surface area (Å²) in [6, 6.07) is 3.58. The zero-order valence-corrected chi connectivity index (χ0v) is 11.5. The largest absolute Gasteiger partial charge is 0.478 e. The summed E-state index contributed by atoms with van der Waals surface area (Å²) in [7, 11) is 0. The fourth-order valence-corrected chi connectivity index (χ4v) is 2.25. The molecule has 1 heterocycles. The summed E-state index contributed by atoms with van der Waals surface area (Å²) in [4.78, 5) is 24.5. The van der Waals surface area contributed by atoms with Crippen LogP contribution >= 0.6 is 0 Å². The summed E-state index contributed by atoms with van der Waals surface area (Å²) in [5, 5.41) is 11.2. The molecule has 1 aromatic rings. The summed E-state index contributed by atoms with van der Waals surface area (Å²) >= 11 is 0. The topological polar surface area (TPSA) is 95.7 Å². The van der Waals surface area contributed by atoms with Gasteiger partial charge in [0.1, 0.15) is 5.82 Å². The van der Waals surface area contributed by atoms with Crippen molar-refractivity contribution in [2.75, 3.05) is 25.0 Å². The van der Waals surface area contributed by atoms with Crippen LogP contribution in [0.5, 0.6) is 0 Å². The quantitative estimate of drug-likeness (QED) is 0.766. The number of carbonyl (C=O) groups is 2. The Kier molecular flexibility index (Phi) is 4.87. The summed E-state index contributed by atoms with van der Waals surface area (Å²) in [6.07, 6.45) is 1.68. The average Bonchev–Trinajstić information content (AvgIpc) is 2.43. The fourth-order valence-electron chi connectivity index (χ4n) is 2.25. The molecule has 0 aromatic heterocycles. The van der Waals surface area contributed by atoms with Gasteiger partial charge in [0, 0.05) is 19.1 Å². The zero-order valence-electron chi connectivity index (χ0n) is 11.5. The van der Waals surface area contributed by atoms with Gasteiger partial charge in [0.05, 0.1) is 17.8 Å². The van der Waals surface area contributed by atoms with E-state index in [4.69, 9.17) is 10.8 Å². The third-order valence-corrected chi connectivity index (χ3v) is 3.49. The Bertz CT molecular complexity index is 542. The van der Waals surface area contributed by atoms with Gasteiger partial charge in [-0.2, -0.15) is 0 Å². The molecule has 0 saturated carbocycles. The number of nitrogens with one attached hydrogen (secondary N) is 1. The first-order valence-electron chi connectivity index (χ1n) is 6.76. The highest BCUT2D eigenvalue weighted by Gasteiger charge is 2.19. The average molecular weight is 295 g/mol. The maximum absolute atomic E-state index is 13.7. The molecule has 21 heavy (non-hydrogen) atoms. The van der Waals surface area contributed by atoms with Gasteiger partial charge in [-0.05, 0) is 31.0 Å². The number of nitrogens with two attached hydrogens (primary N) is 1. The molecule has 0 unspecified atom stereocenters.